The minimum Gasteiger partial charge on any atom is -0.465 e. The summed E-state index contributed by atoms with van der Waals surface area (Å²) in [4.78, 5) is 13.4. The van der Waals surface area contributed by atoms with Crippen LogP contribution in [0.15, 0.2) is 0 Å². The zero-order chi connectivity index (χ0) is 10.4. The molecule has 1 saturated heterocycles. The van der Waals surface area contributed by atoms with Crippen molar-refractivity contribution < 1.29 is 9.53 Å². The fourth-order valence-electron chi connectivity index (χ4n) is 1.56. The molecular weight excluding hydrogens is 251 g/mol. The van der Waals surface area contributed by atoms with E-state index in [1.54, 1.807) is 0 Å². The van der Waals surface area contributed by atoms with Crippen LogP contribution in [-0.4, -0.2) is 43.2 Å². The second-order valence-electron chi connectivity index (χ2n) is 3.83. The lowest BCUT2D eigenvalue weighted by molar-refractivity contribution is -0.145. The molecule has 16 heavy (non-hydrogen) atoms. The van der Waals surface area contributed by atoms with E-state index in [9.17, 15) is 4.79 Å². The largest absolute Gasteiger partial charge is 0.465 e. The molecule has 0 amide bonds. The number of esters is 1. The third kappa shape index (κ3) is 7.28. The highest BCUT2D eigenvalue weighted by molar-refractivity contribution is 5.85. The maximum Gasteiger partial charge on any atom is 0.320 e. The first-order chi connectivity index (χ1) is 6.72. The number of nitrogens with two attached hydrogens (primary N) is 1. The molecule has 0 aromatic carbocycles. The summed E-state index contributed by atoms with van der Waals surface area (Å²) in [5, 5.41) is 0. The van der Waals surface area contributed by atoms with E-state index >= 15 is 0 Å². The number of nitrogens with zero attached hydrogens (tertiary/aromatic N) is 1. The molecule has 1 aliphatic rings. The number of halogens is 2. The van der Waals surface area contributed by atoms with Crippen molar-refractivity contribution >= 4 is 30.8 Å². The SMILES string of the molecule is CCCOC(=O)CN1CCC(N)CC1.Cl.Cl. The van der Waals surface area contributed by atoms with Crippen molar-refractivity contribution in [3.63, 3.8) is 0 Å². The molecule has 2 N–H and O–H groups in total. The number of piperidine rings is 1. The van der Waals surface area contributed by atoms with Gasteiger partial charge in [0.05, 0.1) is 13.2 Å². The van der Waals surface area contributed by atoms with Gasteiger partial charge >= 0.3 is 5.97 Å². The van der Waals surface area contributed by atoms with Crippen LogP contribution in [0.3, 0.4) is 0 Å². The zero-order valence-corrected chi connectivity index (χ0v) is 11.3. The maximum atomic E-state index is 11.3. The maximum absolute atomic E-state index is 11.3. The minimum absolute atomic E-state index is 0. The highest BCUT2D eigenvalue weighted by Gasteiger charge is 2.18. The number of rotatable bonds is 4. The highest BCUT2D eigenvalue weighted by atomic mass is 35.5. The summed E-state index contributed by atoms with van der Waals surface area (Å²) in [6.45, 7) is 4.79. The van der Waals surface area contributed by atoms with Crippen LogP contribution in [-0.2, 0) is 9.53 Å². The van der Waals surface area contributed by atoms with E-state index in [0.29, 0.717) is 19.2 Å². The Morgan fingerprint density at radius 3 is 2.44 bits per heavy atom. The number of hydrogen-bond donors (Lipinski definition) is 1. The average Bonchev–Trinajstić information content (AvgIpc) is 2.18. The Labute approximate surface area is 110 Å². The van der Waals surface area contributed by atoms with Gasteiger partial charge in [-0.25, -0.2) is 0 Å². The quantitative estimate of drug-likeness (QED) is 0.782. The average molecular weight is 273 g/mol. The topological polar surface area (TPSA) is 55.6 Å². The van der Waals surface area contributed by atoms with E-state index in [0.717, 1.165) is 32.4 Å². The van der Waals surface area contributed by atoms with Gasteiger partial charge in [0, 0.05) is 19.1 Å². The van der Waals surface area contributed by atoms with Gasteiger partial charge in [0.15, 0.2) is 0 Å². The lowest BCUT2D eigenvalue weighted by Gasteiger charge is -2.28. The first kappa shape index (κ1) is 18.3. The first-order valence-corrected chi connectivity index (χ1v) is 5.36. The number of hydrogen-bond acceptors (Lipinski definition) is 4. The summed E-state index contributed by atoms with van der Waals surface area (Å²) in [7, 11) is 0. The standard InChI is InChI=1S/C10H20N2O2.2ClH/c1-2-7-14-10(13)8-12-5-3-9(11)4-6-12;;/h9H,2-8,11H2,1H3;2*1H. The lowest BCUT2D eigenvalue weighted by atomic mass is 10.1. The summed E-state index contributed by atoms with van der Waals surface area (Å²) in [5.41, 5.74) is 5.77. The van der Waals surface area contributed by atoms with Crippen molar-refractivity contribution in [3.05, 3.63) is 0 Å². The molecule has 0 aliphatic carbocycles. The molecule has 4 nitrogen and oxygen atoms in total. The zero-order valence-electron chi connectivity index (χ0n) is 9.68. The van der Waals surface area contributed by atoms with Crippen LogP contribution in [0, 0.1) is 0 Å². The predicted octanol–water partition coefficient (Wildman–Crippen LogP) is 1.21. The fraction of sp³-hybridized carbons (Fsp3) is 0.900. The van der Waals surface area contributed by atoms with Crippen molar-refractivity contribution in [1.29, 1.82) is 0 Å². The summed E-state index contributed by atoms with van der Waals surface area (Å²) in [6, 6.07) is 0.318. The molecule has 6 heteroatoms. The number of ether oxygens (including phenoxy) is 1. The highest BCUT2D eigenvalue weighted by Crippen LogP contribution is 2.07. The van der Waals surface area contributed by atoms with Gasteiger partial charge in [0.25, 0.3) is 0 Å². The molecule has 98 valence electrons. The van der Waals surface area contributed by atoms with Gasteiger partial charge in [-0.3, -0.25) is 9.69 Å². The van der Waals surface area contributed by atoms with E-state index in [1.807, 2.05) is 6.92 Å². The van der Waals surface area contributed by atoms with E-state index in [2.05, 4.69) is 4.90 Å². The fourth-order valence-corrected chi connectivity index (χ4v) is 1.56. The first-order valence-electron chi connectivity index (χ1n) is 5.36. The Balaban J connectivity index is 0. The van der Waals surface area contributed by atoms with Crippen molar-refractivity contribution in [2.75, 3.05) is 26.2 Å². The molecule has 0 aromatic rings. The Hall–Kier alpha value is -0.0300. The molecule has 0 atom stereocenters. The monoisotopic (exact) mass is 272 g/mol. The van der Waals surface area contributed by atoms with Crippen molar-refractivity contribution in [2.24, 2.45) is 5.73 Å². The van der Waals surface area contributed by atoms with Gasteiger partial charge in [-0.05, 0) is 19.3 Å². The van der Waals surface area contributed by atoms with Crippen LogP contribution < -0.4 is 5.73 Å². The number of carbonyl (C=O) groups excluding carboxylic acids is 1. The molecule has 1 fully saturated rings. The summed E-state index contributed by atoms with van der Waals surface area (Å²) < 4.78 is 5.01. The second-order valence-corrected chi connectivity index (χ2v) is 3.83. The molecule has 1 rings (SSSR count). The van der Waals surface area contributed by atoms with Gasteiger partial charge in [0.2, 0.25) is 0 Å². The van der Waals surface area contributed by atoms with Gasteiger partial charge in [-0.2, -0.15) is 0 Å². The molecule has 0 radical (unpaired) electrons. The Kier molecular flexibility index (Phi) is 11.6. The Morgan fingerprint density at radius 2 is 1.94 bits per heavy atom. The van der Waals surface area contributed by atoms with Crippen LogP contribution in [0.25, 0.3) is 0 Å². The molecule has 0 saturated carbocycles. The van der Waals surface area contributed by atoms with E-state index in [-0.39, 0.29) is 30.8 Å². The number of carbonyl (C=O) groups is 1. The smallest absolute Gasteiger partial charge is 0.320 e. The van der Waals surface area contributed by atoms with Gasteiger partial charge < -0.3 is 10.5 Å². The van der Waals surface area contributed by atoms with E-state index in [1.165, 1.54) is 0 Å². The van der Waals surface area contributed by atoms with Crippen LogP contribution in [0.2, 0.25) is 0 Å². The predicted molar refractivity (Wildman–Crippen MR) is 69.4 cm³/mol. The van der Waals surface area contributed by atoms with Crippen LogP contribution in [0.4, 0.5) is 0 Å². The summed E-state index contributed by atoms with van der Waals surface area (Å²) in [5.74, 6) is -0.109. The van der Waals surface area contributed by atoms with Crippen LogP contribution in [0.1, 0.15) is 26.2 Å². The molecule has 0 unspecified atom stereocenters. The molecule has 0 spiro atoms. The summed E-state index contributed by atoms with van der Waals surface area (Å²) in [6.07, 6.45) is 2.86. The number of likely N-dealkylation sites (tertiary alicyclic amines) is 1. The van der Waals surface area contributed by atoms with Crippen LogP contribution in [0.5, 0.6) is 0 Å². The van der Waals surface area contributed by atoms with E-state index < -0.39 is 0 Å². The van der Waals surface area contributed by atoms with Crippen molar-refractivity contribution in [3.8, 4) is 0 Å². The molecule has 1 aliphatic heterocycles. The lowest BCUT2D eigenvalue weighted by Crippen LogP contribution is -2.42. The van der Waals surface area contributed by atoms with Gasteiger partial charge in [-0.15, -0.1) is 24.8 Å². The minimum atomic E-state index is -0.109. The molecule has 1 heterocycles. The third-order valence-electron chi connectivity index (χ3n) is 2.45. The van der Waals surface area contributed by atoms with Crippen molar-refractivity contribution in [2.45, 2.75) is 32.2 Å². The Morgan fingerprint density at radius 1 is 1.38 bits per heavy atom. The second kappa shape index (κ2) is 10.1. The van der Waals surface area contributed by atoms with Crippen molar-refractivity contribution in [1.82, 2.24) is 4.90 Å². The van der Waals surface area contributed by atoms with Crippen LogP contribution >= 0.6 is 24.8 Å². The molecule has 0 aromatic heterocycles. The Bertz CT molecular complexity index is 186. The van der Waals surface area contributed by atoms with Gasteiger partial charge in [0.1, 0.15) is 0 Å². The van der Waals surface area contributed by atoms with Gasteiger partial charge in [-0.1, -0.05) is 6.92 Å². The normalized spacial score (nSPS) is 17.1. The van der Waals surface area contributed by atoms with E-state index in [4.69, 9.17) is 10.5 Å². The molecular formula is C10H22Cl2N2O2. The summed E-state index contributed by atoms with van der Waals surface area (Å²) >= 11 is 0. The third-order valence-corrected chi connectivity index (χ3v) is 2.45. The molecule has 0 bridgehead atoms.